The van der Waals surface area contributed by atoms with Crippen LogP contribution < -0.4 is 0 Å². The third-order valence-corrected chi connectivity index (χ3v) is 17.8. The summed E-state index contributed by atoms with van der Waals surface area (Å²) in [6.45, 7) is 11.7. The molecule has 0 fully saturated rings. The summed E-state index contributed by atoms with van der Waals surface area (Å²) in [5.41, 5.74) is 0. The van der Waals surface area contributed by atoms with Gasteiger partial charge in [-0.3, -0.25) is 37.3 Å². The van der Waals surface area contributed by atoms with Crippen molar-refractivity contribution in [1.29, 1.82) is 0 Å². The number of hydrogen-bond donors (Lipinski definition) is 3. The van der Waals surface area contributed by atoms with E-state index in [1.165, 1.54) is 148 Å². The first-order valence-corrected chi connectivity index (χ1v) is 38.8. The highest BCUT2D eigenvalue weighted by molar-refractivity contribution is 7.47. The minimum Gasteiger partial charge on any atom is -0.462 e. The quantitative estimate of drug-likeness (QED) is 0.0222. The highest BCUT2D eigenvalue weighted by Crippen LogP contribution is 2.45. The van der Waals surface area contributed by atoms with E-state index in [0.29, 0.717) is 37.5 Å². The van der Waals surface area contributed by atoms with E-state index in [4.69, 9.17) is 37.0 Å². The van der Waals surface area contributed by atoms with Gasteiger partial charge in [0, 0.05) is 25.7 Å². The highest BCUT2D eigenvalue weighted by Gasteiger charge is 2.30. The normalized spacial score (nSPS) is 14.2. The first-order chi connectivity index (χ1) is 42.2. The average Bonchev–Trinajstić information content (AvgIpc) is 3.69. The molecule has 0 radical (unpaired) electrons. The molecule has 17 nitrogen and oxygen atoms in total. The standard InChI is InChI=1S/C69H134O17P2/c1-8-9-10-11-12-21-29-36-43-50-66(71)79-56-65(86-69(74)53-46-39-32-25-28-35-42-49-62(6)7)59-84-88(77,78)82-55-63(70)54-81-87(75,76)83-58-64(57-80-67(72)51-44-37-31-24-27-34-41-48-61(4)5)85-68(73)52-45-38-30-23-20-18-16-14-13-15-17-19-22-26-33-40-47-60(2)3/h60-65,70H,8-59H2,1-7H3,(H,75,76)(H,77,78)/t63-,64-,65-/m1/s1. The molecule has 88 heavy (non-hydrogen) atoms. The van der Waals surface area contributed by atoms with E-state index in [1.807, 2.05) is 0 Å². The summed E-state index contributed by atoms with van der Waals surface area (Å²) in [7, 11) is -9.89. The number of phosphoric ester groups is 2. The zero-order valence-electron chi connectivity index (χ0n) is 57.2. The van der Waals surface area contributed by atoms with Gasteiger partial charge in [0.15, 0.2) is 12.2 Å². The molecule has 2 unspecified atom stereocenters. The van der Waals surface area contributed by atoms with Gasteiger partial charge < -0.3 is 33.8 Å². The lowest BCUT2D eigenvalue weighted by molar-refractivity contribution is -0.161. The van der Waals surface area contributed by atoms with E-state index in [9.17, 15) is 43.2 Å². The first-order valence-electron chi connectivity index (χ1n) is 35.8. The van der Waals surface area contributed by atoms with E-state index in [2.05, 4.69) is 48.5 Å². The smallest absolute Gasteiger partial charge is 0.462 e. The van der Waals surface area contributed by atoms with Crippen molar-refractivity contribution in [3.8, 4) is 0 Å². The summed E-state index contributed by atoms with van der Waals surface area (Å²) in [4.78, 5) is 72.4. The maximum Gasteiger partial charge on any atom is 0.472 e. The van der Waals surface area contributed by atoms with Crippen LogP contribution in [0.5, 0.6) is 0 Å². The molecular weight excluding hydrogens is 1160 g/mol. The Balaban J connectivity index is 5.18. The summed E-state index contributed by atoms with van der Waals surface area (Å²) in [6.07, 6.45) is 43.3. The number of aliphatic hydroxyl groups is 1. The third-order valence-electron chi connectivity index (χ3n) is 15.9. The predicted octanol–water partition coefficient (Wildman–Crippen LogP) is 19.5. The lowest BCUT2D eigenvalue weighted by Crippen LogP contribution is -2.30. The minimum absolute atomic E-state index is 0.103. The molecule has 0 bridgehead atoms. The van der Waals surface area contributed by atoms with Gasteiger partial charge in [-0.15, -0.1) is 0 Å². The van der Waals surface area contributed by atoms with Gasteiger partial charge in [0.25, 0.3) is 0 Å². The molecule has 0 aliphatic carbocycles. The van der Waals surface area contributed by atoms with Crippen molar-refractivity contribution in [2.24, 2.45) is 17.8 Å². The second-order valence-electron chi connectivity index (χ2n) is 26.3. The molecule has 0 aliphatic rings. The zero-order valence-corrected chi connectivity index (χ0v) is 59.0. The van der Waals surface area contributed by atoms with Crippen molar-refractivity contribution in [2.45, 2.75) is 362 Å². The Kier molecular flexibility index (Phi) is 58.7. The maximum atomic E-state index is 13.0. The number of carbonyl (C=O) groups excluding carboxylic acids is 4. The lowest BCUT2D eigenvalue weighted by atomic mass is 10.0. The number of hydrogen-bond acceptors (Lipinski definition) is 15. The average molecular weight is 1300 g/mol. The largest absolute Gasteiger partial charge is 0.472 e. The van der Waals surface area contributed by atoms with E-state index in [1.54, 1.807) is 0 Å². The van der Waals surface area contributed by atoms with Crippen molar-refractivity contribution in [1.82, 2.24) is 0 Å². The number of aliphatic hydroxyl groups excluding tert-OH is 1. The van der Waals surface area contributed by atoms with Crippen molar-refractivity contribution in [2.75, 3.05) is 39.6 Å². The van der Waals surface area contributed by atoms with Gasteiger partial charge in [-0.2, -0.15) is 0 Å². The molecule has 0 aliphatic heterocycles. The summed E-state index contributed by atoms with van der Waals surface area (Å²) < 4.78 is 68.1. The topological polar surface area (TPSA) is 237 Å². The van der Waals surface area contributed by atoms with Gasteiger partial charge in [0.05, 0.1) is 26.4 Å². The Bertz CT molecular complexity index is 1730. The Morgan fingerprint density at radius 2 is 0.523 bits per heavy atom. The number of unbranched alkanes of at least 4 members (excludes halogenated alkanes) is 35. The molecule has 0 aromatic rings. The zero-order chi connectivity index (χ0) is 65.2. The van der Waals surface area contributed by atoms with Crippen LogP contribution in [0.4, 0.5) is 0 Å². The van der Waals surface area contributed by atoms with E-state index < -0.39 is 97.5 Å². The number of phosphoric acid groups is 2. The van der Waals surface area contributed by atoms with Crippen molar-refractivity contribution in [3.05, 3.63) is 0 Å². The molecule has 5 atom stereocenters. The summed E-state index contributed by atoms with van der Waals surface area (Å²) in [5, 5.41) is 10.6. The minimum atomic E-state index is -4.95. The molecule has 0 rings (SSSR count). The van der Waals surface area contributed by atoms with E-state index in [0.717, 1.165) is 102 Å². The van der Waals surface area contributed by atoms with Crippen LogP contribution in [0.15, 0.2) is 0 Å². The molecule has 19 heteroatoms. The fourth-order valence-electron chi connectivity index (χ4n) is 10.4. The van der Waals surface area contributed by atoms with Crippen LogP contribution in [0.25, 0.3) is 0 Å². The molecule has 522 valence electrons. The predicted molar refractivity (Wildman–Crippen MR) is 354 cm³/mol. The van der Waals surface area contributed by atoms with Gasteiger partial charge >= 0.3 is 39.5 Å². The number of carbonyl (C=O) groups is 4. The van der Waals surface area contributed by atoms with Gasteiger partial charge in [0.1, 0.15) is 19.3 Å². The Morgan fingerprint density at radius 1 is 0.307 bits per heavy atom. The second-order valence-corrected chi connectivity index (χ2v) is 29.3. The van der Waals surface area contributed by atoms with Crippen LogP contribution in [0.3, 0.4) is 0 Å². The summed E-state index contributed by atoms with van der Waals surface area (Å²) in [6, 6.07) is 0. The SMILES string of the molecule is CCCCCCCCCCCC(=O)OC[C@H](COP(=O)(O)OC[C@H](O)COP(=O)(O)OC[C@@H](COC(=O)CCCCCCCCCC(C)C)OC(=O)CCCCCCCCCCCCCCCCCCC(C)C)OC(=O)CCCCCCCCCC(C)C. The second kappa shape index (κ2) is 60.0. The highest BCUT2D eigenvalue weighted by atomic mass is 31.2. The number of ether oxygens (including phenoxy) is 4. The van der Waals surface area contributed by atoms with Crippen LogP contribution >= 0.6 is 15.6 Å². The molecule has 0 amide bonds. The molecule has 0 spiro atoms. The molecule has 0 aromatic heterocycles. The van der Waals surface area contributed by atoms with Gasteiger partial charge in [-0.1, -0.05) is 292 Å². The van der Waals surface area contributed by atoms with Crippen LogP contribution in [0.1, 0.15) is 344 Å². The van der Waals surface area contributed by atoms with Crippen LogP contribution in [0, 0.1) is 17.8 Å². The Labute approximate surface area is 537 Å². The molecular formula is C69H134O17P2. The maximum absolute atomic E-state index is 13.0. The fraction of sp³-hybridized carbons (Fsp3) is 0.942. The van der Waals surface area contributed by atoms with Crippen LogP contribution in [-0.2, 0) is 65.4 Å². The fourth-order valence-corrected chi connectivity index (χ4v) is 11.9. The van der Waals surface area contributed by atoms with E-state index in [-0.39, 0.29) is 25.7 Å². The first kappa shape index (κ1) is 86.1. The third kappa shape index (κ3) is 62.8. The Hall–Kier alpha value is -1.94. The molecule has 3 N–H and O–H groups in total. The monoisotopic (exact) mass is 1300 g/mol. The molecule has 0 aromatic carbocycles. The molecule has 0 heterocycles. The molecule has 0 saturated carbocycles. The summed E-state index contributed by atoms with van der Waals surface area (Å²) in [5.74, 6) is 0.0776. The lowest BCUT2D eigenvalue weighted by Gasteiger charge is -2.21. The molecule has 0 saturated heterocycles. The van der Waals surface area contributed by atoms with Crippen molar-refractivity contribution >= 4 is 39.5 Å². The number of rotatable bonds is 67. The summed E-state index contributed by atoms with van der Waals surface area (Å²) >= 11 is 0. The van der Waals surface area contributed by atoms with Gasteiger partial charge in [-0.05, 0) is 43.4 Å². The van der Waals surface area contributed by atoms with Crippen LogP contribution in [0.2, 0.25) is 0 Å². The van der Waals surface area contributed by atoms with Gasteiger partial charge in [0.2, 0.25) is 0 Å². The van der Waals surface area contributed by atoms with Crippen LogP contribution in [-0.4, -0.2) is 96.7 Å². The van der Waals surface area contributed by atoms with E-state index >= 15 is 0 Å². The van der Waals surface area contributed by atoms with Crippen molar-refractivity contribution < 1.29 is 80.2 Å². The Morgan fingerprint density at radius 3 is 0.773 bits per heavy atom. The van der Waals surface area contributed by atoms with Crippen molar-refractivity contribution in [3.63, 3.8) is 0 Å². The number of esters is 4. The van der Waals surface area contributed by atoms with Gasteiger partial charge in [-0.25, -0.2) is 9.13 Å².